The number of nitrogens with zero attached hydrogens (tertiary/aromatic N) is 1. The average molecular weight is 547 g/mol. The SMILES string of the molecule is O=C(NCCc1ccc2c(c1)CCN2CCCOC(=O)c1ccccc1)OCC1c2ccccc2-c2ccccc21. The molecule has 4 aromatic carbocycles. The summed E-state index contributed by atoms with van der Waals surface area (Å²) in [4.78, 5) is 27.0. The van der Waals surface area contributed by atoms with Crippen LogP contribution in [0.5, 0.6) is 0 Å². The summed E-state index contributed by atoms with van der Waals surface area (Å²) in [5.41, 5.74) is 9.21. The number of nitrogens with one attached hydrogen (secondary N) is 1. The first kappa shape index (κ1) is 26.6. The van der Waals surface area contributed by atoms with Crippen molar-refractivity contribution in [2.24, 2.45) is 0 Å². The third-order valence-electron chi connectivity index (χ3n) is 7.98. The van der Waals surface area contributed by atoms with Crippen molar-refractivity contribution in [2.75, 3.05) is 37.7 Å². The van der Waals surface area contributed by atoms with E-state index >= 15 is 0 Å². The maximum Gasteiger partial charge on any atom is 0.407 e. The zero-order valence-electron chi connectivity index (χ0n) is 23.1. The van der Waals surface area contributed by atoms with Gasteiger partial charge in [0.25, 0.3) is 0 Å². The minimum Gasteiger partial charge on any atom is -0.462 e. The van der Waals surface area contributed by atoms with Crippen molar-refractivity contribution in [3.8, 4) is 11.1 Å². The van der Waals surface area contributed by atoms with Crippen molar-refractivity contribution in [1.82, 2.24) is 5.32 Å². The summed E-state index contributed by atoms with van der Waals surface area (Å²) >= 11 is 0. The molecule has 6 heteroatoms. The minimum atomic E-state index is -0.382. The van der Waals surface area contributed by atoms with E-state index in [1.165, 1.54) is 39.1 Å². The number of alkyl carbamates (subject to hydrolysis) is 1. The van der Waals surface area contributed by atoms with Crippen LogP contribution in [-0.4, -0.2) is 44.9 Å². The van der Waals surface area contributed by atoms with Gasteiger partial charge in [0.05, 0.1) is 12.2 Å². The first-order valence-corrected chi connectivity index (χ1v) is 14.3. The second kappa shape index (κ2) is 12.3. The lowest BCUT2D eigenvalue weighted by Crippen LogP contribution is -2.28. The summed E-state index contributed by atoms with van der Waals surface area (Å²) in [7, 11) is 0. The Labute approximate surface area is 240 Å². The average Bonchev–Trinajstić information content (AvgIpc) is 3.57. The smallest absolute Gasteiger partial charge is 0.407 e. The second-order valence-electron chi connectivity index (χ2n) is 10.6. The molecule has 1 heterocycles. The van der Waals surface area contributed by atoms with E-state index < -0.39 is 0 Å². The van der Waals surface area contributed by atoms with Crippen LogP contribution in [-0.2, 0) is 22.3 Å². The normalized spacial score (nSPS) is 13.3. The molecule has 0 spiro atoms. The van der Waals surface area contributed by atoms with Crippen LogP contribution < -0.4 is 10.2 Å². The van der Waals surface area contributed by atoms with E-state index in [1.807, 2.05) is 30.3 Å². The van der Waals surface area contributed by atoms with Crippen molar-refractivity contribution in [3.63, 3.8) is 0 Å². The lowest BCUT2D eigenvalue weighted by atomic mass is 9.98. The molecule has 0 radical (unpaired) electrons. The number of esters is 1. The Morgan fingerprint density at radius 3 is 2.29 bits per heavy atom. The summed E-state index contributed by atoms with van der Waals surface area (Å²) < 4.78 is 11.1. The highest BCUT2D eigenvalue weighted by Crippen LogP contribution is 2.44. The highest BCUT2D eigenvalue weighted by molar-refractivity contribution is 5.89. The summed E-state index contributed by atoms with van der Waals surface area (Å²) in [6.07, 6.45) is 2.14. The van der Waals surface area contributed by atoms with Crippen molar-refractivity contribution >= 4 is 17.7 Å². The lowest BCUT2D eigenvalue weighted by Gasteiger charge is -2.19. The van der Waals surface area contributed by atoms with E-state index in [2.05, 4.69) is 64.8 Å². The maximum absolute atomic E-state index is 12.5. The molecule has 1 amide bonds. The third-order valence-corrected chi connectivity index (χ3v) is 7.98. The van der Waals surface area contributed by atoms with E-state index in [0.29, 0.717) is 25.3 Å². The first-order valence-electron chi connectivity index (χ1n) is 14.3. The van der Waals surface area contributed by atoms with Crippen LogP contribution in [0.1, 0.15) is 45.0 Å². The molecule has 6 rings (SSSR count). The fourth-order valence-electron chi connectivity index (χ4n) is 5.95. The van der Waals surface area contributed by atoms with E-state index in [1.54, 1.807) is 12.1 Å². The Bertz CT molecular complexity index is 1490. The van der Waals surface area contributed by atoms with Gasteiger partial charge in [0.15, 0.2) is 0 Å². The molecule has 208 valence electrons. The predicted molar refractivity (Wildman–Crippen MR) is 160 cm³/mol. The number of fused-ring (bicyclic) bond motifs is 4. The number of carbonyl (C=O) groups excluding carboxylic acids is 2. The van der Waals surface area contributed by atoms with Crippen molar-refractivity contribution in [3.05, 3.63) is 125 Å². The summed E-state index contributed by atoms with van der Waals surface area (Å²) in [6, 6.07) is 32.3. The van der Waals surface area contributed by atoms with Gasteiger partial charge in [-0.05, 0) is 70.8 Å². The molecular weight excluding hydrogens is 512 g/mol. The van der Waals surface area contributed by atoms with Crippen LogP contribution >= 0.6 is 0 Å². The van der Waals surface area contributed by atoms with Gasteiger partial charge in [-0.3, -0.25) is 0 Å². The van der Waals surface area contributed by atoms with Crippen LogP contribution in [0.3, 0.4) is 0 Å². The number of hydrogen-bond acceptors (Lipinski definition) is 5. The topological polar surface area (TPSA) is 67.9 Å². The number of carbonyl (C=O) groups is 2. The highest BCUT2D eigenvalue weighted by Gasteiger charge is 2.29. The van der Waals surface area contributed by atoms with Crippen LogP contribution in [0.2, 0.25) is 0 Å². The fraction of sp³-hybridized carbons (Fsp3) is 0.257. The second-order valence-corrected chi connectivity index (χ2v) is 10.6. The molecule has 0 saturated carbocycles. The highest BCUT2D eigenvalue weighted by atomic mass is 16.5. The van der Waals surface area contributed by atoms with Crippen LogP contribution in [0.25, 0.3) is 11.1 Å². The molecule has 1 aliphatic heterocycles. The van der Waals surface area contributed by atoms with Gasteiger partial charge < -0.3 is 19.7 Å². The Morgan fingerprint density at radius 1 is 0.829 bits per heavy atom. The number of rotatable bonds is 10. The van der Waals surface area contributed by atoms with Gasteiger partial charge >= 0.3 is 12.1 Å². The van der Waals surface area contributed by atoms with Crippen LogP contribution in [0.4, 0.5) is 10.5 Å². The molecule has 6 nitrogen and oxygen atoms in total. The summed E-state index contributed by atoms with van der Waals surface area (Å²) in [6.45, 7) is 3.05. The number of amides is 1. The molecule has 2 aliphatic rings. The van der Waals surface area contributed by atoms with E-state index in [4.69, 9.17) is 9.47 Å². The van der Waals surface area contributed by atoms with Gasteiger partial charge in [0.1, 0.15) is 6.61 Å². The van der Waals surface area contributed by atoms with Gasteiger partial charge in [-0.15, -0.1) is 0 Å². The fourth-order valence-corrected chi connectivity index (χ4v) is 5.95. The third kappa shape index (κ3) is 5.97. The van der Waals surface area contributed by atoms with Gasteiger partial charge in [0.2, 0.25) is 0 Å². The zero-order valence-corrected chi connectivity index (χ0v) is 23.1. The van der Waals surface area contributed by atoms with Crippen molar-refractivity contribution in [1.29, 1.82) is 0 Å². The molecule has 41 heavy (non-hydrogen) atoms. The molecule has 0 unspecified atom stereocenters. The van der Waals surface area contributed by atoms with E-state index in [0.717, 1.165) is 32.4 Å². The molecule has 0 atom stereocenters. The molecule has 1 aliphatic carbocycles. The van der Waals surface area contributed by atoms with Crippen LogP contribution in [0.15, 0.2) is 97.1 Å². The Hall–Kier alpha value is -4.58. The van der Waals surface area contributed by atoms with Gasteiger partial charge in [0, 0.05) is 31.2 Å². The first-order chi connectivity index (χ1) is 20.2. The monoisotopic (exact) mass is 546 g/mol. The quantitative estimate of drug-likeness (QED) is 0.185. The van der Waals surface area contributed by atoms with Gasteiger partial charge in [-0.1, -0.05) is 78.9 Å². The molecule has 0 aromatic heterocycles. The van der Waals surface area contributed by atoms with Crippen molar-refractivity contribution in [2.45, 2.75) is 25.2 Å². The number of ether oxygens (including phenoxy) is 2. The molecule has 0 bridgehead atoms. The molecule has 4 aromatic rings. The standard InChI is InChI=1S/C35H34N2O4/c38-34(26-9-2-1-3-10-26)40-22-8-20-37-21-18-27-23-25(15-16-33(27)37)17-19-36-35(39)41-24-32-30-13-6-4-11-28(30)29-12-5-7-14-31(29)32/h1-7,9-16,23,32H,8,17-22,24H2,(H,36,39). The summed E-state index contributed by atoms with van der Waals surface area (Å²) in [5, 5.41) is 2.92. The molecule has 0 fully saturated rings. The number of hydrogen-bond donors (Lipinski definition) is 1. The Morgan fingerprint density at radius 2 is 1.54 bits per heavy atom. The maximum atomic E-state index is 12.5. The largest absolute Gasteiger partial charge is 0.462 e. The molecular formula is C35H34N2O4. The Kier molecular flexibility index (Phi) is 7.99. The van der Waals surface area contributed by atoms with Crippen molar-refractivity contribution < 1.29 is 19.1 Å². The molecule has 1 N–H and O–H groups in total. The predicted octanol–water partition coefficient (Wildman–Crippen LogP) is 6.38. The van der Waals surface area contributed by atoms with E-state index in [-0.39, 0.29) is 18.0 Å². The minimum absolute atomic E-state index is 0.0590. The number of anilines is 1. The van der Waals surface area contributed by atoms with Gasteiger partial charge in [-0.25, -0.2) is 9.59 Å². The lowest BCUT2D eigenvalue weighted by molar-refractivity contribution is 0.0502. The van der Waals surface area contributed by atoms with Crippen LogP contribution in [0, 0.1) is 0 Å². The zero-order chi connectivity index (χ0) is 28.0. The number of benzene rings is 4. The van der Waals surface area contributed by atoms with Gasteiger partial charge in [-0.2, -0.15) is 0 Å². The van der Waals surface area contributed by atoms with E-state index in [9.17, 15) is 9.59 Å². The molecule has 0 saturated heterocycles. The summed E-state index contributed by atoms with van der Waals surface area (Å²) in [5.74, 6) is -0.215. The Balaban J connectivity index is 0.938.